The Bertz CT molecular complexity index is 629. The largest absolute Gasteiger partial charge is 0.308 e. The van der Waals surface area contributed by atoms with E-state index in [1.165, 1.54) is 19.3 Å². The molecule has 1 aliphatic rings. The van der Waals surface area contributed by atoms with Gasteiger partial charge in [0.2, 0.25) is 0 Å². The van der Waals surface area contributed by atoms with Gasteiger partial charge < -0.3 is 4.57 Å². The van der Waals surface area contributed by atoms with Crippen LogP contribution in [0.5, 0.6) is 0 Å². The van der Waals surface area contributed by atoms with Crippen molar-refractivity contribution < 1.29 is 0 Å². The zero-order valence-electron chi connectivity index (χ0n) is 12.1. The SMILES string of the molecule is CCSC1CCCC1n1c(CCCl)nc2cc(Cl)cnc21. The molecule has 0 N–H and O–H groups in total. The number of pyridine rings is 1. The highest BCUT2D eigenvalue weighted by Crippen LogP contribution is 2.40. The van der Waals surface area contributed by atoms with Crippen molar-refractivity contribution in [2.24, 2.45) is 0 Å². The summed E-state index contributed by atoms with van der Waals surface area (Å²) >= 11 is 14.1. The predicted octanol–water partition coefficient (Wildman–Crippen LogP) is 4.71. The topological polar surface area (TPSA) is 30.7 Å². The molecule has 2 aromatic rings. The Morgan fingerprint density at radius 2 is 2.29 bits per heavy atom. The number of imidazole rings is 1. The number of hydrogen-bond acceptors (Lipinski definition) is 3. The summed E-state index contributed by atoms with van der Waals surface area (Å²) in [5.74, 6) is 2.77. The molecule has 0 aliphatic heterocycles. The summed E-state index contributed by atoms with van der Waals surface area (Å²) in [7, 11) is 0. The van der Waals surface area contributed by atoms with Gasteiger partial charge in [-0.15, -0.1) is 11.6 Å². The van der Waals surface area contributed by atoms with Crippen molar-refractivity contribution in [1.29, 1.82) is 0 Å². The number of halogens is 2. The third-order valence-corrected chi connectivity index (χ3v) is 5.72. The van der Waals surface area contributed by atoms with E-state index in [-0.39, 0.29) is 0 Å². The van der Waals surface area contributed by atoms with Crippen LogP contribution in [0.15, 0.2) is 12.3 Å². The fraction of sp³-hybridized carbons (Fsp3) is 0.600. The van der Waals surface area contributed by atoms with E-state index in [0.29, 0.717) is 22.2 Å². The zero-order valence-corrected chi connectivity index (χ0v) is 14.4. The Hall–Kier alpha value is -0.450. The van der Waals surface area contributed by atoms with E-state index in [1.807, 2.05) is 17.8 Å². The lowest BCUT2D eigenvalue weighted by Crippen LogP contribution is -2.19. The van der Waals surface area contributed by atoms with E-state index < -0.39 is 0 Å². The highest BCUT2D eigenvalue weighted by molar-refractivity contribution is 7.99. The minimum absolute atomic E-state index is 0.479. The van der Waals surface area contributed by atoms with Gasteiger partial charge in [0, 0.05) is 29.8 Å². The van der Waals surface area contributed by atoms with Crippen LogP contribution in [0.2, 0.25) is 5.02 Å². The molecule has 3 rings (SSSR count). The van der Waals surface area contributed by atoms with Crippen LogP contribution < -0.4 is 0 Å². The first kappa shape index (κ1) is 15.4. The molecule has 2 aromatic heterocycles. The van der Waals surface area contributed by atoms with Crippen LogP contribution in [-0.2, 0) is 6.42 Å². The summed E-state index contributed by atoms with van der Waals surface area (Å²) in [5, 5.41) is 1.29. The number of nitrogens with zero attached hydrogens (tertiary/aromatic N) is 3. The number of thioether (sulfide) groups is 1. The summed E-state index contributed by atoms with van der Waals surface area (Å²) in [6.45, 7) is 2.23. The van der Waals surface area contributed by atoms with Crippen molar-refractivity contribution in [3.05, 3.63) is 23.1 Å². The fourth-order valence-corrected chi connectivity index (χ4v) is 4.79. The average molecular weight is 344 g/mol. The molecule has 6 heteroatoms. The number of aryl methyl sites for hydroxylation is 1. The molecule has 2 unspecified atom stereocenters. The quantitative estimate of drug-likeness (QED) is 0.736. The van der Waals surface area contributed by atoms with Crippen molar-refractivity contribution in [1.82, 2.24) is 14.5 Å². The van der Waals surface area contributed by atoms with E-state index in [9.17, 15) is 0 Å². The summed E-state index contributed by atoms with van der Waals surface area (Å²) < 4.78 is 2.33. The first-order chi connectivity index (χ1) is 10.2. The predicted molar refractivity (Wildman–Crippen MR) is 91.8 cm³/mol. The van der Waals surface area contributed by atoms with E-state index in [2.05, 4.69) is 16.5 Å². The van der Waals surface area contributed by atoms with Crippen molar-refractivity contribution in [2.75, 3.05) is 11.6 Å². The smallest absolute Gasteiger partial charge is 0.160 e. The van der Waals surface area contributed by atoms with Gasteiger partial charge in [0.15, 0.2) is 5.65 Å². The first-order valence-corrected chi connectivity index (χ1v) is 9.40. The van der Waals surface area contributed by atoms with Crippen LogP contribution in [0.25, 0.3) is 11.2 Å². The normalized spacial score (nSPS) is 22.2. The minimum atomic E-state index is 0.479. The number of hydrogen-bond donors (Lipinski definition) is 0. The Morgan fingerprint density at radius 1 is 1.43 bits per heavy atom. The minimum Gasteiger partial charge on any atom is -0.308 e. The second-order valence-corrected chi connectivity index (χ2v) is 7.66. The van der Waals surface area contributed by atoms with Gasteiger partial charge in [-0.3, -0.25) is 0 Å². The molecule has 0 amide bonds. The Balaban J connectivity index is 2.08. The molecule has 0 bridgehead atoms. The Labute approximate surface area is 139 Å². The van der Waals surface area contributed by atoms with Crippen LogP contribution >= 0.6 is 35.0 Å². The van der Waals surface area contributed by atoms with Gasteiger partial charge >= 0.3 is 0 Å². The molecule has 114 valence electrons. The molecule has 1 aliphatic carbocycles. The number of aromatic nitrogens is 3. The zero-order chi connectivity index (χ0) is 14.8. The van der Waals surface area contributed by atoms with E-state index >= 15 is 0 Å². The standard InChI is InChI=1S/C15H19Cl2N3S/c1-2-21-13-5-3-4-12(13)20-14(6-7-16)19-11-8-10(17)9-18-15(11)20/h8-9,12-13H,2-7H2,1H3. The molecule has 1 saturated carbocycles. The molecular formula is C15H19Cl2N3S. The molecule has 21 heavy (non-hydrogen) atoms. The maximum atomic E-state index is 6.05. The van der Waals surface area contributed by atoms with Gasteiger partial charge in [0.25, 0.3) is 0 Å². The third-order valence-electron chi connectivity index (χ3n) is 4.02. The van der Waals surface area contributed by atoms with Crippen molar-refractivity contribution >= 4 is 46.1 Å². The number of alkyl halides is 1. The molecule has 1 fully saturated rings. The molecule has 0 saturated heterocycles. The van der Waals surface area contributed by atoms with Crippen molar-refractivity contribution in [3.63, 3.8) is 0 Å². The second kappa shape index (κ2) is 6.76. The lowest BCUT2D eigenvalue weighted by atomic mass is 10.2. The number of fused-ring (bicyclic) bond motifs is 1. The van der Waals surface area contributed by atoms with Crippen molar-refractivity contribution in [3.8, 4) is 0 Å². The molecule has 0 radical (unpaired) electrons. The highest BCUT2D eigenvalue weighted by Gasteiger charge is 2.31. The van der Waals surface area contributed by atoms with Gasteiger partial charge in [-0.25, -0.2) is 9.97 Å². The van der Waals surface area contributed by atoms with Gasteiger partial charge in [0.05, 0.1) is 5.02 Å². The van der Waals surface area contributed by atoms with Crippen LogP contribution in [0.1, 0.15) is 38.1 Å². The third kappa shape index (κ3) is 3.03. The molecule has 0 spiro atoms. The maximum absolute atomic E-state index is 6.05. The maximum Gasteiger partial charge on any atom is 0.160 e. The molecule has 3 nitrogen and oxygen atoms in total. The fourth-order valence-electron chi connectivity index (χ4n) is 3.22. The summed E-state index contributed by atoms with van der Waals surface area (Å²) in [6, 6.07) is 2.38. The lowest BCUT2D eigenvalue weighted by molar-refractivity contribution is 0.519. The second-order valence-electron chi connectivity index (χ2n) is 5.33. The van der Waals surface area contributed by atoms with Gasteiger partial charge in [0.1, 0.15) is 11.3 Å². The van der Waals surface area contributed by atoms with Crippen LogP contribution in [-0.4, -0.2) is 31.4 Å². The highest BCUT2D eigenvalue weighted by atomic mass is 35.5. The van der Waals surface area contributed by atoms with Crippen LogP contribution in [0.4, 0.5) is 0 Å². The van der Waals surface area contributed by atoms with Crippen LogP contribution in [0, 0.1) is 0 Å². The molecule has 0 aromatic carbocycles. The monoisotopic (exact) mass is 343 g/mol. The molecule has 2 atom stereocenters. The number of rotatable bonds is 5. The van der Waals surface area contributed by atoms with E-state index in [0.717, 1.165) is 29.2 Å². The van der Waals surface area contributed by atoms with Crippen LogP contribution in [0.3, 0.4) is 0 Å². The first-order valence-electron chi connectivity index (χ1n) is 7.44. The average Bonchev–Trinajstić information content (AvgIpc) is 3.03. The van der Waals surface area contributed by atoms with Crippen molar-refractivity contribution in [2.45, 2.75) is 43.9 Å². The Kier molecular flexibility index (Phi) is 4.97. The van der Waals surface area contributed by atoms with Gasteiger partial charge in [-0.1, -0.05) is 24.9 Å². The molecule has 2 heterocycles. The van der Waals surface area contributed by atoms with E-state index in [1.54, 1.807) is 6.20 Å². The lowest BCUT2D eigenvalue weighted by Gasteiger charge is -2.22. The summed E-state index contributed by atoms with van der Waals surface area (Å²) in [4.78, 5) is 9.26. The van der Waals surface area contributed by atoms with E-state index in [4.69, 9.17) is 28.2 Å². The summed E-state index contributed by atoms with van der Waals surface area (Å²) in [5.41, 5.74) is 1.84. The van der Waals surface area contributed by atoms with Gasteiger partial charge in [-0.2, -0.15) is 11.8 Å². The molecular weight excluding hydrogens is 325 g/mol. The van der Waals surface area contributed by atoms with Gasteiger partial charge in [-0.05, 0) is 24.7 Å². The Morgan fingerprint density at radius 3 is 3.05 bits per heavy atom. The summed E-state index contributed by atoms with van der Waals surface area (Å²) in [6.07, 6.45) is 6.23.